The van der Waals surface area contributed by atoms with Crippen molar-refractivity contribution in [3.05, 3.63) is 76.8 Å². The molecule has 32 heavy (non-hydrogen) atoms. The fourth-order valence-corrected chi connectivity index (χ4v) is 4.29. The summed E-state index contributed by atoms with van der Waals surface area (Å²) in [5.41, 5.74) is 0.0176. The van der Waals surface area contributed by atoms with Crippen molar-refractivity contribution in [2.75, 3.05) is 12.4 Å². The molecule has 4 rings (SSSR count). The number of nitrogens with zero attached hydrogens (tertiary/aromatic N) is 1. The van der Waals surface area contributed by atoms with E-state index in [0.717, 1.165) is 12.1 Å². The highest BCUT2D eigenvalue weighted by molar-refractivity contribution is 7.90. The van der Waals surface area contributed by atoms with Crippen LogP contribution in [0.25, 0.3) is 0 Å². The van der Waals surface area contributed by atoms with Crippen LogP contribution in [0, 0.1) is 11.6 Å². The molecule has 3 aromatic rings. The summed E-state index contributed by atoms with van der Waals surface area (Å²) in [5.74, 6) is -1.40. The van der Waals surface area contributed by atoms with Crippen molar-refractivity contribution in [1.82, 2.24) is 4.72 Å². The number of ether oxygens (including phenoxy) is 2. The van der Waals surface area contributed by atoms with E-state index in [4.69, 9.17) is 21.1 Å². The molecule has 11 heteroatoms. The summed E-state index contributed by atoms with van der Waals surface area (Å²) in [6.45, 7) is -0.209. The first-order valence-corrected chi connectivity index (χ1v) is 11.1. The van der Waals surface area contributed by atoms with Gasteiger partial charge in [-0.05, 0) is 42.5 Å². The van der Waals surface area contributed by atoms with Gasteiger partial charge in [-0.15, -0.1) is 0 Å². The predicted octanol–water partition coefficient (Wildman–Crippen LogP) is 4.68. The number of aliphatic imine (C=N–C) groups is 1. The van der Waals surface area contributed by atoms with Crippen LogP contribution in [0.1, 0.15) is 5.56 Å². The van der Waals surface area contributed by atoms with E-state index in [0.29, 0.717) is 5.75 Å². The van der Waals surface area contributed by atoms with Gasteiger partial charge >= 0.3 is 0 Å². The number of nitrogens with one attached hydrogen (secondary N) is 2. The summed E-state index contributed by atoms with van der Waals surface area (Å²) < 4.78 is 67.1. The SMILES string of the molecule is COc1ccc(F)c(CN=C2Nc3c(ccc(F)c3Oc3ccccc3Cl)S(=O)(=O)N2)c1. The minimum absolute atomic E-state index is 0.135. The number of halogens is 3. The molecule has 0 aromatic heterocycles. The summed E-state index contributed by atoms with van der Waals surface area (Å²) in [6, 6.07) is 12.5. The Hall–Kier alpha value is -3.37. The number of hydrogen-bond donors (Lipinski definition) is 2. The number of hydrogen-bond acceptors (Lipinski definition) is 5. The normalized spacial score (nSPS) is 15.4. The summed E-state index contributed by atoms with van der Waals surface area (Å²) in [4.78, 5) is 3.85. The minimum Gasteiger partial charge on any atom is -0.497 e. The maximum atomic E-state index is 14.6. The zero-order valence-corrected chi connectivity index (χ0v) is 18.1. The Labute approximate surface area is 187 Å². The molecule has 0 unspecified atom stereocenters. The molecule has 0 aliphatic carbocycles. The lowest BCUT2D eigenvalue weighted by atomic mass is 10.2. The maximum Gasteiger partial charge on any atom is 0.266 e. The molecule has 166 valence electrons. The lowest BCUT2D eigenvalue weighted by Gasteiger charge is -2.24. The molecule has 7 nitrogen and oxygen atoms in total. The van der Waals surface area contributed by atoms with Gasteiger partial charge in [-0.2, -0.15) is 0 Å². The molecule has 0 bridgehead atoms. The fourth-order valence-electron chi connectivity index (χ4n) is 2.98. The summed E-state index contributed by atoms with van der Waals surface area (Å²) >= 11 is 6.08. The van der Waals surface area contributed by atoms with Crippen molar-refractivity contribution in [2.24, 2.45) is 4.99 Å². The van der Waals surface area contributed by atoms with Crippen LogP contribution in [-0.2, 0) is 16.6 Å². The number of para-hydroxylation sites is 1. The van der Waals surface area contributed by atoms with Crippen LogP contribution >= 0.6 is 11.6 Å². The zero-order chi connectivity index (χ0) is 22.9. The molecule has 1 aliphatic heterocycles. The van der Waals surface area contributed by atoms with E-state index < -0.39 is 21.7 Å². The highest BCUT2D eigenvalue weighted by atomic mass is 35.5. The van der Waals surface area contributed by atoms with E-state index in [1.807, 2.05) is 0 Å². The Morgan fingerprint density at radius 2 is 1.81 bits per heavy atom. The minimum atomic E-state index is -4.10. The van der Waals surface area contributed by atoms with Crippen LogP contribution in [-0.4, -0.2) is 21.5 Å². The van der Waals surface area contributed by atoms with Gasteiger partial charge in [0.2, 0.25) is 5.96 Å². The van der Waals surface area contributed by atoms with Crippen molar-refractivity contribution >= 4 is 33.3 Å². The van der Waals surface area contributed by atoms with Crippen molar-refractivity contribution in [1.29, 1.82) is 0 Å². The largest absolute Gasteiger partial charge is 0.497 e. The molecule has 3 aromatic carbocycles. The number of fused-ring (bicyclic) bond motifs is 1. The Balaban J connectivity index is 1.72. The van der Waals surface area contributed by atoms with Crippen LogP contribution in [0.3, 0.4) is 0 Å². The van der Waals surface area contributed by atoms with E-state index in [-0.39, 0.29) is 45.2 Å². The Kier molecular flexibility index (Phi) is 5.90. The van der Waals surface area contributed by atoms with Gasteiger partial charge in [0.1, 0.15) is 27.9 Å². The van der Waals surface area contributed by atoms with Crippen LogP contribution in [0.15, 0.2) is 64.5 Å². The average molecular weight is 480 g/mol. The molecule has 0 atom stereocenters. The number of rotatable bonds is 5. The molecule has 2 N–H and O–H groups in total. The van der Waals surface area contributed by atoms with Gasteiger partial charge in [-0.1, -0.05) is 23.7 Å². The van der Waals surface area contributed by atoms with Gasteiger partial charge in [0.25, 0.3) is 10.0 Å². The van der Waals surface area contributed by atoms with E-state index in [9.17, 15) is 17.2 Å². The first kappa shape index (κ1) is 21.8. The van der Waals surface area contributed by atoms with Crippen LogP contribution < -0.4 is 19.5 Å². The van der Waals surface area contributed by atoms with E-state index in [2.05, 4.69) is 15.0 Å². The van der Waals surface area contributed by atoms with E-state index in [1.165, 1.54) is 31.4 Å². The van der Waals surface area contributed by atoms with Crippen LogP contribution in [0.2, 0.25) is 5.02 Å². The average Bonchev–Trinajstić information content (AvgIpc) is 2.76. The number of sulfonamides is 1. The summed E-state index contributed by atoms with van der Waals surface area (Å²) in [7, 11) is -2.67. The molecule has 0 saturated carbocycles. The zero-order valence-electron chi connectivity index (χ0n) is 16.5. The number of guanidine groups is 1. The molecular formula is C21H16ClF2N3O4S. The van der Waals surface area contributed by atoms with E-state index in [1.54, 1.807) is 18.2 Å². The number of anilines is 1. The first-order chi connectivity index (χ1) is 15.3. The second-order valence-electron chi connectivity index (χ2n) is 6.63. The van der Waals surface area contributed by atoms with Crippen molar-refractivity contribution in [3.8, 4) is 17.2 Å². The van der Waals surface area contributed by atoms with Gasteiger partial charge in [-0.25, -0.2) is 26.9 Å². The smallest absolute Gasteiger partial charge is 0.266 e. The van der Waals surface area contributed by atoms with Gasteiger partial charge < -0.3 is 14.8 Å². The van der Waals surface area contributed by atoms with Crippen molar-refractivity contribution < 1.29 is 26.7 Å². The molecule has 0 radical (unpaired) electrons. The second-order valence-corrected chi connectivity index (χ2v) is 8.69. The van der Waals surface area contributed by atoms with Gasteiger partial charge in [-0.3, -0.25) is 0 Å². The van der Waals surface area contributed by atoms with Gasteiger partial charge in [0, 0.05) is 5.56 Å². The van der Waals surface area contributed by atoms with Gasteiger partial charge in [0.05, 0.1) is 18.7 Å². The summed E-state index contributed by atoms with van der Waals surface area (Å²) in [5, 5.41) is 2.93. The standard InChI is InChI=1S/C21H16ClF2N3O4S/c1-30-13-6-7-15(23)12(10-13)11-25-21-26-19-18(32(28,29)27-21)9-8-16(24)20(19)31-17-5-3-2-4-14(17)22/h2-10H,11H2,1H3,(H2,25,26,27). The highest BCUT2D eigenvalue weighted by Crippen LogP contribution is 2.40. The predicted molar refractivity (Wildman–Crippen MR) is 116 cm³/mol. The number of methoxy groups -OCH3 is 1. The van der Waals surface area contributed by atoms with Crippen LogP contribution in [0.4, 0.5) is 14.5 Å². The Bertz CT molecular complexity index is 1330. The lowest BCUT2D eigenvalue weighted by Crippen LogP contribution is -2.41. The van der Waals surface area contributed by atoms with Crippen molar-refractivity contribution in [2.45, 2.75) is 11.4 Å². The second kappa shape index (κ2) is 8.64. The molecule has 0 amide bonds. The van der Waals surface area contributed by atoms with E-state index >= 15 is 0 Å². The van der Waals surface area contributed by atoms with Crippen LogP contribution in [0.5, 0.6) is 17.2 Å². The molecular weight excluding hydrogens is 464 g/mol. The quantitative estimate of drug-likeness (QED) is 0.554. The number of benzene rings is 3. The molecule has 0 spiro atoms. The molecule has 0 fully saturated rings. The Morgan fingerprint density at radius 1 is 1.06 bits per heavy atom. The summed E-state index contributed by atoms with van der Waals surface area (Å²) in [6.07, 6.45) is 0. The third-order valence-corrected chi connectivity index (χ3v) is 6.24. The third kappa shape index (κ3) is 4.32. The monoisotopic (exact) mass is 479 g/mol. The molecule has 1 aliphatic rings. The van der Waals surface area contributed by atoms with Crippen molar-refractivity contribution in [3.63, 3.8) is 0 Å². The fraction of sp³-hybridized carbons (Fsp3) is 0.0952. The molecule has 1 heterocycles. The highest BCUT2D eigenvalue weighted by Gasteiger charge is 2.31. The Morgan fingerprint density at radius 3 is 2.56 bits per heavy atom. The topological polar surface area (TPSA) is 89.0 Å². The lowest BCUT2D eigenvalue weighted by molar-refractivity contribution is 0.413. The first-order valence-electron chi connectivity index (χ1n) is 9.20. The molecule has 0 saturated heterocycles. The van der Waals surface area contributed by atoms with Gasteiger partial charge in [0.15, 0.2) is 11.6 Å². The maximum absolute atomic E-state index is 14.6. The third-order valence-electron chi connectivity index (χ3n) is 4.54.